The molecule has 2 aliphatic rings. The van der Waals surface area contributed by atoms with Crippen molar-refractivity contribution in [3.63, 3.8) is 0 Å². The monoisotopic (exact) mass is 398 g/mol. The summed E-state index contributed by atoms with van der Waals surface area (Å²) in [5.74, 6) is 2.96. The van der Waals surface area contributed by atoms with Crippen molar-refractivity contribution in [1.29, 1.82) is 0 Å². The molecule has 1 atom stereocenters. The van der Waals surface area contributed by atoms with Crippen molar-refractivity contribution in [2.75, 3.05) is 44.2 Å². The second-order valence-electron chi connectivity index (χ2n) is 8.40. The fourth-order valence-corrected chi connectivity index (χ4v) is 4.26. The third-order valence-electron chi connectivity index (χ3n) is 5.74. The number of nitrogens with zero attached hydrogens (tertiary/aromatic N) is 6. The lowest BCUT2D eigenvalue weighted by Crippen LogP contribution is -2.48. The summed E-state index contributed by atoms with van der Waals surface area (Å²) in [4.78, 5) is 27.3. The minimum absolute atomic E-state index is 0.129. The molecule has 29 heavy (non-hydrogen) atoms. The summed E-state index contributed by atoms with van der Waals surface area (Å²) in [5, 5.41) is 4.25. The molecule has 0 aliphatic carbocycles. The van der Waals surface area contributed by atoms with E-state index in [9.17, 15) is 4.79 Å². The molecule has 156 valence electrons. The van der Waals surface area contributed by atoms with Gasteiger partial charge in [0.2, 0.25) is 17.6 Å². The minimum atomic E-state index is 0.129. The molecule has 0 bridgehead atoms. The van der Waals surface area contributed by atoms with Crippen LogP contribution in [0.1, 0.15) is 45.5 Å². The molecule has 0 saturated carbocycles. The Morgan fingerprint density at radius 2 is 2.03 bits per heavy atom. The molecule has 0 unspecified atom stereocenters. The molecule has 2 fully saturated rings. The van der Waals surface area contributed by atoms with E-state index in [0.29, 0.717) is 17.6 Å². The molecule has 8 heteroatoms. The fourth-order valence-electron chi connectivity index (χ4n) is 4.26. The maximum Gasteiger partial charge on any atom is 0.244 e. The molecule has 0 N–H and O–H groups in total. The number of pyridine rings is 1. The minimum Gasteiger partial charge on any atom is -0.353 e. The molecular formula is C21H30N6O2. The van der Waals surface area contributed by atoms with Gasteiger partial charge in [-0.25, -0.2) is 4.98 Å². The van der Waals surface area contributed by atoms with Gasteiger partial charge in [-0.15, -0.1) is 0 Å². The first-order valence-electron chi connectivity index (χ1n) is 10.6. The third-order valence-corrected chi connectivity index (χ3v) is 5.74. The van der Waals surface area contributed by atoms with Gasteiger partial charge in [0, 0.05) is 51.4 Å². The topological polar surface area (TPSA) is 78.6 Å². The van der Waals surface area contributed by atoms with Crippen LogP contribution in [0.3, 0.4) is 0 Å². The average Bonchev–Trinajstić information content (AvgIpc) is 3.37. The van der Waals surface area contributed by atoms with Crippen molar-refractivity contribution in [2.24, 2.45) is 5.92 Å². The number of aromatic nitrogens is 3. The molecule has 2 saturated heterocycles. The van der Waals surface area contributed by atoms with Crippen molar-refractivity contribution in [3.05, 3.63) is 24.2 Å². The first kappa shape index (κ1) is 19.8. The van der Waals surface area contributed by atoms with E-state index >= 15 is 0 Å². The fraction of sp³-hybridized carbons (Fsp3) is 0.619. The zero-order valence-corrected chi connectivity index (χ0v) is 17.5. The lowest BCUT2D eigenvalue weighted by atomic mass is 10.1. The van der Waals surface area contributed by atoms with E-state index in [1.165, 1.54) is 6.42 Å². The Balaban J connectivity index is 1.47. The summed E-state index contributed by atoms with van der Waals surface area (Å²) in [6.07, 6.45) is 4.02. The van der Waals surface area contributed by atoms with E-state index in [1.54, 1.807) is 13.1 Å². The van der Waals surface area contributed by atoms with Crippen LogP contribution in [0.15, 0.2) is 22.9 Å². The van der Waals surface area contributed by atoms with Gasteiger partial charge >= 0.3 is 0 Å². The Morgan fingerprint density at radius 1 is 1.24 bits per heavy atom. The number of rotatable bonds is 5. The van der Waals surface area contributed by atoms with Gasteiger partial charge in [-0.3, -0.25) is 9.69 Å². The smallest absolute Gasteiger partial charge is 0.244 e. The zero-order valence-electron chi connectivity index (χ0n) is 17.5. The molecule has 4 heterocycles. The molecule has 0 spiro atoms. The highest BCUT2D eigenvalue weighted by Gasteiger charge is 2.31. The molecule has 8 nitrogen and oxygen atoms in total. The van der Waals surface area contributed by atoms with Crippen molar-refractivity contribution in [3.8, 4) is 11.4 Å². The summed E-state index contributed by atoms with van der Waals surface area (Å²) >= 11 is 0. The number of anilines is 1. The summed E-state index contributed by atoms with van der Waals surface area (Å²) in [7, 11) is 0. The van der Waals surface area contributed by atoms with Gasteiger partial charge in [-0.1, -0.05) is 19.0 Å². The lowest BCUT2D eigenvalue weighted by molar-refractivity contribution is -0.129. The zero-order chi connectivity index (χ0) is 20.4. The highest BCUT2D eigenvalue weighted by Crippen LogP contribution is 2.32. The van der Waals surface area contributed by atoms with Crippen molar-refractivity contribution in [1.82, 2.24) is 24.9 Å². The third kappa shape index (κ3) is 4.42. The van der Waals surface area contributed by atoms with E-state index in [4.69, 9.17) is 9.51 Å². The SMILES string of the molecule is CC(=O)N1CCN(c2cc(-c3noc([C@@H]4CCCN4CC(C)C)n3)ccn2)CC1. The van der Waals surface area contributed by atoms with E-state index < -0.39 is 0 Å². The molecule has 4 rings (SSSR count). The molecule has 2 aromatic rings. The molecular weight excluding hydrogens is 368 g/mol. The Bertz CT molecular complexity index is 843. The quantitative estimate of drug-likeness (QED) is 0.766. The molecule has 2 aliphatic heterocycles. The van der Waals surface area contributed by atoms with Gasteiger partial charge in [0.1, 0.15) is 5.82 Å². The van der Waals surface area contributed by atoms with E-state index in [-0.39, 0.29) is 11.9 Å². The van der Waals surface area contributed by atoms with E-state index in [2.05, 4.69) is 33.8 Å². The molecule has 2 aromatic heterocycles. The Kier molecular flexibility index (Phi) is 5.80. The van der Waals surface area contributed by atoms with Crippen LogP contribution in [0.5, 0.6) is 0 Å². The second-order valence-corrected chi connectivity index (χ2v) is 8.40. The number of likely N-dealkylation sites (tertiary alicyclic amines) is 1. The predicted molar refractivity (Wildman–Crippen MR) is 110 cm³/mol. The number of carbonyl (C=O) groups is 1. The molecule has 0 aromatic carbocycles. The second kappa shape index (κ2) is 8.49. The summed E-state index contributed by atoms with van der Waals surface area (Å²) < 4.78 is 5.66. The van der Waals surface area contributed by atoms with Crippen LogP contribution in [0.2, 0.25) is 0 Å². The van der Waals surface area contributed by atoms with Crippen LogP contribution >= 0.6 is 0 Å². The first-order chi connectivity index (χ1) is 14.0. The van der Waals surface area contributed by atoms with Gasteiger partial charge in [-0.2, -0.15) is 4.98 Å². The van der Waals surface area contributed by atoms with Crippen LogP contribution in [0, 0.1) is 5.92 Å². The Morgan fingerprint density at radius 3 is 2.76 bits per heavy atom. The molecule has 1 amide bonds. The maximum atomic E-state index is 11.5. The lowest BCUT2D eigenvalue weighted by Gasteiger charge is -2.34. The largest absolute Gasteiger partial charge is 0.353 e. The predicted octanol–water partition coefficient (Wildman–Crippen LogP) is 2.59. The van der Waals surface area contributed by atoms with E-state index in [0.717, 1.165) is 57.1 Å². The van der Waals surface area contributed by atoms with Gasteiger partial charge in [-0.05, 0) is 37.4 Å². The Hall–Kier alpha value is -2.48. The van der Waals surface area contributed by atoms with Gasteiger partial charge in [0.15, 0.2) is 0 Å². The highest BCUT2D eigenvalue weighted by molar-refractivity contribution is 5.73. The average molecular weight is 399 g/mol. The van der Waals surface area contributed by atoms with Gasteiger partial charge < -0.3 is 14.3 Å². The first-order valence-corrected chi connectivity index (χ1v) is 10.6. The van der Waals surface area contributed by atoms with Crippen molar-refractivity contribution in [2.45, 2.75) is 39.7 Å². The summed E-state index contributed by atoms with van der Waals surface area (Å²) in [6, 6.07) is 4.16. The van der Waals surface area contributed by atoms with Crippen LogP contribution in [0.25, 0.3) is 11.4 Å². The Labute approximate surface area is 171 Å². The summed E-state index contributed by atoms with van der Waals surface area (Å²) in [6.45, 7) is 11.2. The molecule has 0 radical (unpaired) electrons. The number of amides is 1. The van der Waals surface area contributed by atoms with Crippen LogP contribution in [-0.2, 0) is 4.79 Å². The standard InChI is InChI=1S/C21H30N6O2/c1-15(2)14-27-8-4-5-18(27)21-23-20(24-29-21)17-6-7-22-19(13-17)26-11-9-25(10-12-26)16(3)28/h6-7,13,15,18H,4-5,8-12,14H2,1-3H3/t18-/m0/s1. The van der Waals surface area contributed by atoms with Crippen molar-refractivity contribution < 1.29 is 9.32 Å². The highest BCUT2D eigenvalue weighted by atomic mass is 16.5. The number of piperazine rings is 1. The van der Waals surface area contributed by atoms with Crippen LogP contribution < -0.4 is 4.90 Å². The summed E-state index contributed by atoms with van der Waals surface area (Å²) in [5.41, 5.74) is 0.910. The van der Waals surface area contributed by atoms with Crippen molar-refractivity contribution >= 4 is 11.7 Å². The normalized spacial score (nSPS) is 20.6. The van der Waals surface area contributed by atoms with Crippen LogP contribution in [-0.4, -0.2) is 70.1 Å². The number of hydrogen-bond donors (Lipinski definition) is 0. The van der Waals surface area contributed by atoms with Gasteiger partial charge in [0.05, 0.1) is 6.04 Å². The number of hydrogen-bond acceptors (Lipinski definition) is 7. The van der Waals surface area contributed by atoms with Crippen LogP contribution in [0.4, 0.5) is 5.82 Å². The van der Waals surface area contributed by atoms with E-state index in [1.807, 2.05) is 17.0 Å². The van der Waals surface area contributed by atoms with Gasteiger partial charge in [0.25, 0.3) is 0 Å². The number of carbonyl (C=O) groups excluding carboxylic acids is 1. The maximum absolute atomic E-state index is 11.5.